The SMILES string of the molecule is O=C1CC(c2nc(-c3ccccn3)no2)CN1CCc1cccs1. The van der Waals surface area contributed by atoms with E-state index in [1.165, 1.54) is 4.88 Å². The van der Waals surface area contributed by atoms with Crippen molar-refractivity contribution in [1.29, 1.82) is 0 Å². The molecule has 0 saturated carbocycles. The summed E-state index contributed by atoms with van der Waals surface area (Å²) >= 11 is 1.72. The van der Waals surface area contributed by atoms with Crippen molar-refractivity contribution in [3.8, 4) is 11.5 Å². The molecule has 0 aromatic carbocycles. The number of aromatic nitrogens is 3. The van der Waals surface area contributed by atoms with Crippen LogP contribution in [0.4, 0.5) is 0 Å². The molecule has 0 N–H and O–H groups in total. The quantitative estimate of drug-likeness (QED) is 0.714. The van der Waals surface area contributed by atoms with Crippen LogP contribution in [0.5, 0.6) is 0 Å². The minimum atomic E-state index is -0.0363. The van der Waals surface area contributed by atoms with E-state index in [1.807, 2.05) is 29.2 Å². The Morgan fingerprint density at radius 2 is 2.25 bits per heavy atom. The highest BCUT2D eigenvalue weighted by Crippen LogP contribution is 2.28. The summed E-state index contributed by atoms with van der Waals surface area (Å²) < 4.78 is 5.37. The minimum Gasteiger partial charge on any atom is -0.342 e. The molecule has 0 bridgehead atoms. The number of nitrogens with zero attached hydrogens (tertiary/aromatic N) is 4. The first-order valence-electron chi connectivity index (χ1n) is 7.85. The van der Waals surface area contributed by atoms with E-state index in [2.05, 4.69) is 26.6 Å². The fourth-order valence-corrected chi connectivity index (χ4v) is 3.55. The Labute approximate surface area is 143 Å². The molecular formula is C17H16N4O2S. The van der Waals surface area contributed by atoms with Gasteiger partial charge in [0.05, 0.1) is 5.92 Å². The highest BCUT2D eigenvalue weighted by atomic mass is 32.1. The number of likely N-dealkylation sites (tertiary alicyclic amines) is 1. The fraction of sp³-hybridized carbons (Fsp3) is 0.294. The van der Waals surface area contributed by atoms with Gasteiger partial charge in [0, 0.05) is 30.6 Å². The van der Waals surface area contributed by atoms with E-state index in [-0.39, 0.29) is 11.8 Å². The highest BCUT2D eigenvalue weighted by Gasteiger charge is 2.34. The molecular weight excluding hydrogens is 324 g/mol. The molecule has 7 heteroatoms. The number of carbonyl (C=O) groups is 1. The van der Waals surface area contributed by atoms with Crippen molar-refractivity contribution in [2.45, 2.75) is 18.8 Å². The van der Waals surface area contributed by atoms with Crippen LogP contribution in [0.15, 0.2) is 46.4 Å². The first-order chi connectivity index (χ1) is 11.8. The topological polar surface area (TPSA) is 72.1 Å². The lowest BCUT2D eigenvalue weighted by Gasteiger charge is -2.15. The van der Waals surface area contributed by atoms with Gasteiger partial charge in [-0.1, -0.05) is 17.3 Å². The number of amides is 1. The second-order valence-electron chi connectivity index (χ2n) is 5.74. The summed E-state index contributed by atoms with van der Waals surface area (Å²) in [5, 5.41) is 6.05. The number of pyridine rings is 1. The van der Waals surface area contributed by atoms with Gasteiger partial charge in [-0.3, -0.25) is 9.78 Å². The zero-order valence-corrected chi connectivity index (χ0v) is 13.8. The summed E-state index contributed by atoms with van der Waals surface area (Å²) in [6.07, 6.45) is 3.00. The highest BCUT2D eigenvalue weighted by molar-refractivity contribution is 7.09. The van der Waals surface area contributed by atoms with E-state index in [4.69, 9.17) is 4.52 Å². The molecule has 1 aliphatic heterocycles. The van der Waals surface area contributed by atoms with Crippen molar-refractivity contribution in [1.82, 2.24) is 20.0 Å². The molecule has 1 aliphatic rings. The summed E-state index contributed by atoms with van der Waals surface area (Å²) in [5.74, 6) is 1.10. The van der Waals surface area contributed by atoms with Crippen LogP contribution < -0.4 is 0 Å². The van der Waals surface area contributed by atoms with Crippen molar-refractivity contribution in [2.24, 2.45) is 0 Å². The third-order valence-corrected chi connectivity index (χ3v) is 5.04. The van der Waals surface area contributed by atoms with Crippen molar-refractivity contribution in [3.63, 3.8) is 0 Å². The summed E-state index contributed by atoms with van der Waals surface area (Å²) in [6.45, 7) is 1.37. The fourth-order valence-electron chi connectivity index (χ4n) is 2.85. The molecule has 1 saturated heterocycles. The Bertz CT molecular complexity index is 816. The lowest BCUT2D eigenvalue weighted by Crippen LogP contribution is -2.27. The largest absolute Gasteiger partial charge is 0.342 e. The van der Waals surface area contributed by atoms with E-state index in [9.17, 15) is 4.79 Å². The van der Waals surface area contributed by atoms with Crippen LogP contribution in [0.25, 0.3) is 11.5 Å². The number of carbonyl (C=O) groups excluding carboxylic acids is 1. The maximum atomic E-state index is 12.2. The standard InChI is InChI=1S/C17H16N4O2S/c22-15-10-12(11-21(15)8-6-13-4-3-9-24-13)17-19-16(20-23-17)14-5-1-2-7-18-14/h1-5,7,9,12H,6,8,10-11H2. The van der Waals surface area contributed by atoms with Crippen molar-refractivity contribution >= 4 is 17.2 Å². The number of hydrogen-bond donors (Lipinski definition) is 0. The predicted molar refractivity (Wildman–Crippen MR) is 89.5 cm³/mol. The first-order valence-corrected chi connectivity index (χ1v) is 8.73. The molecule has 122 valence electrons. The second-order valence-corrected chi connectivity index (χ2v) is 6.77. The predicted octanol–water partition coefficient (Wildman–Crippen LogP) is 2.75. The van der Waals surface area contributed by atoms with E-state index < -0.39 is 0 Å². The van der Waals surface area contributed by atoms with Gasteiger partial charge in [0.25, 0.3) is 0 Å². The van der Waals surface area contributed by atoms with Crippen LogP contribution in [-0.4, -0.2) is 39.0 Å². The summed E-state index contributed by atoms with van der Waals surface area (Å²) in [5.41, 5.74) is 0.673. The molecule has 1 unspecified atom stereocenters. The number of hydrogen-bond acceptors (Lipinski definition) is 6. The van der Waals surface area contributed by atoms with Crippen molar-refractivity contribution in [2.75, 3.05) is 13.1 Å². The Morgan fingerprint density at radius 1 is 1.29 bits per heavy atom. The molecule has 4 rings (SSSR count). The Morgan fingerprint density at radius 3 is 3.04 bits per heavy atom. The summed E-state index contributed by atoms with van der Waals surface area (Å²) in [7, 11) is 0. The third kappa shape index (κ3) is 3.07. The monoisotopic (exact) mass is 340 g/mol. The average molecular weight is 340 g/mol. The Hall–Kier alpha value is -2.54. The zero-order valence-electron chi connectivity index (χ0n) is 13.0. The number of rotatable bonds is 5. The average Bonchev–Trinajstić information content (AvgIpc) is 3.35. The normalized spacial score (nSPS) is 17.6. The van der Waals surface area contributed by atoms with Gasteiger partial charge < -0.3 is 9.42 Å². The van der Waals surface area contributed by atoms with Gasteiger partial charge in [-0.2, -0.15) is 4.98 Å². The van der Waals surface area contributed by atoms with Gasteiger partial charge in [0.1, 0.15) is 5.69 Å². The molecule has 0 aliphatic carbocycles. The minimum absolute atomic E-state index is 0.0363. The van der Waals surface area contributed by atoms with Crippen molar-refractivity contribution < 1.29 is 9.32 Å². The zero-order chi connectivity index (χ0) is 16.4. The van der Waals surface area contributed by atoms with Crippen LogP contribution in [0, 0.1) is 0 Å². The van der Waals surface area contributed by atoms with Gasteiger partial charge in [-0.25, -0.2) is 0 Å². The van der Waals surface area contributed by atoms with Crippen LogP contribution in [0.3, 0.4) is 0 Å². The van der Waals surface area contributed by atoms with Crippen LogP contribution >= 0.6 is 11.3 Å². The molecule has 24 heavy (non-hydrogen) atoms. The lowest BCUT2D eigenvalue weighted by molar-refractivity contribution is -0.127. The van der Waals surface area contributed by atoms with E-state index in [0.29, 0.717) is 30.4 Å². The van der Waals surface area contributed by atoms with E-state index in [0.717, 1.165) is 13.0 Å². The molecule has 0 radical (unpaired) electrons. The van der Waals surface area contributed by atoms with E-state index >= 15 is 0 Å². The second kappa shape index (κ2) is 6.52. The van der Waals surface area contributed by atoms with E-state index in [1.54, 1.807) is 17.5 Å². The molecule has 1 atom stereocenters. The molecule has 3 aromatic rings. The summed E-state index contributed by atoms with van der Waals surface area (Å²) in [6, 6.07) is 9.68. The van der Waals surface area contributed by atoms with Gasteiger partial charge in [-0.05, 0) is 30.0 Å². The molecule has 1 fully saturated rings. The Kier molecular flexibility index (Phi) is 4.08. The van der Waals surface area contributed by atoms with Gasteiger partial charge >= 0.3 is 0 Å². The molecule has 6 nitrogen and oxygen atoms in total. The number of thiophene rings is 1. The lowest BCUT2D eigenvalue weighted by atomic mass is 10.1. The Balaban J connectivity index is 1.42. The maximum Gasteiger partial charge on any atom is 0.232 e. The van der Waals surface area contributed by atoms with Crippen molar-refractivity contribution in [3.05, 3.63) is 52.7 Å². The van der Waals surface area contributed by atoms with Gasteiger partial charge in [0.15, 0.2) is 0 Å². The molecule has 4 heterocycles. The first kappa shape index (κ1) is 15.0. The molecule has 0 spiro atoms. The smallest absolute Gasteiger partial charge is 0.232 e. The molecule has 3 aromatic heterocycles. The third-order valence-electron chi connectivity index (χ3n) is 4.11. The molecule has 1 amide bonds. The maximum absolute atomic E-state index is 12.2. The van der Waals surface area contributed by atoms with Gasteiger partial charge in [-0.15, -0.1) is 11.3 Å². The summed E-state index contributed by atoms with van der Waals surface area (Å²) in [4.78, 5) is 24.0. The van der Waals surface area contributed by atoms with Gasteiger partial charge in [0.2, 0.25) is 17.6 Å². The van der Waals surface area contributed by atoms with Crippen LogP contribution in [-0.2, 0) is 11.2 Å². The van der Waals surface area contributed by atoms with Crippen LogP contribution in [0.1, 0.15) is 23.1 Å². The van der Waals surface area contributed by atoms with Crippen LogP contribution in [0.2, 0.25) is 0 Å².